The summed E-state index contributed by atoms with van der Waals surface area (Å²) in [5, 5.41) is 4.25. The number of carbonyl (C=O) groups excluding carboxylic acids is 1. The van der Waals surface area contributed by atoms with E-state index in [1.807, 2.05) is 6.92 Å². The lowest BCUT2D eigenvalue weighted by molar-refractivity contribution is 0.0902. The Morgan fingerprint density at radius 1 is 1.65 bits per heavy atom. The van der Waals surface area contributed by atoms with Gasteiger partial charge in [0.2, 0.25) is 0 Å². The highest BCUT2D eigenvalue weighted by molar-refractivity contribution is 9.09. The molecule has 17 heavy (non-hydrogen) atoms. The van der Waals surface area contributed by atoms with Gasteiger partial charge in [0.15, 0.2) is 0 Å². The van der Waals surface area contributed by atoms with Crippen molar-refractivity contribution in [3.8, 4) is 0 Å². The van der Waals surface area contributed by atoms with Crippen molar-refractivity contribution < 1.29 is 4.79 Å². The van der Waals surface area contributed by atoms with Crippen LogP contribution in [0.25, 0.3) is 0 Å². The molecule has 1 aromatic rings. The van der Waals surface area contributed by atoms with Crippen molar-refractivity contribution in [2.75, 3.05) is 5.33 Å². The SMILES string of the molecule is CCC(C)(CCBr)NC(=O)c1ccncc1Cl. The van der Waals surface area contributed by atoms with E-state index in [2.05, 4.69) is 33.2 Å². The maximum atomic E-state index is 12.1. The molecule has 0 aromatic carbocycles. The van der Waals surface area contributed by atoms with E-state index >= 15 is 0 Å². The molecule has 5 heteroatoms. The first kappa shape index (κ1) is 14.5. The van der Waals surface area contributed by atoms with Crippen molar-refractivity contribution in [1.82, 2.24) is 10.3 Å². The van der Waals surface area contributed by atoms with E-state index in [0.29, 0.717) is 10.6 Å². The fourth-order valence-corrected chi connectivity index (χ4v) is 2.52. The Morgan fingerprint density at radius 2 is 2.35 bits per heavy atom. The molecule has 1 amide bonds. The average molecular weight is 320 g/mol. The summed E-state index contributed by atoms with van der Waals surface area (Å²) in [6, 6.07) is 1.63. The van der Waals surface area contributed by atoms with Crippen LogP contribution in [0.15, 0.2) is 18.5 Å². The molecule has 1 unspecified atom stereocenters. The molecule has 0 saturated carbocycles. The van der Waals surface area contributed by atoms with Crippen molar-refractivity contribution in [2.24, 2.45) is 0 Å². The van der Waals surface area contributed by atoms with Gasteiger partial charge in [0.1, 0.15) is 0 Å². The molecule has 0 spiro atoms. The minimum atomic E-state index is -0.215. The molecule has 1 N–H and O–H groups in total. The summed E-state index contributed by atoms with van der Waals surface area (Å²) < 4.78 is 0. The minimum Gasteiger partial charge on any atom is -0.347 e. The van der Waals surface area contributed by atoms with Crippen molar-refractivity contribution in [3.63, 3.8) is 0 Å². The number of pyridine rings is 1. The number of alkyl halides is 1. The van der Waals surface area contributed by atoms with Gasteiger partial charge in [0, 0.05) is 23.3 Å². The predicted molar refractivity (Wildman–Crippen MR) is 73.8 cm³/mol. The van der Waals surface area contributed by atoms with Gasteiger partial charge in [0.25, 0.3) is 5.91 Å². The topological polar surface area (TPSA) is 42.0 Å². The molecular weight excluding hydrogens is 304 g/mol. The van der Waals surface area contributed by atoms with Crippen molar-refractivity contribution in [3.05, 3.63) is 29.0 Å². The van der Waals surface area contributed by atoms with Crippen molar-refractivity contribution in [1.29, 1.82) is 0 Å². The minimum absolute atomic E-state index is 0.150. The zero-order valence-electron chi connectivity index (χ0n) is 9.96. The first-order valence-electron chi connectivity index (χ1n) is 5.50. The van der Waals surface area contributed by atoms with Crippen LogP contribution in [-0.4, -0.2) is 21.8 Å². The fourth-order valence-electron chi connectivity index (χ4n) is 1.44. The number of rotatable bonds is 5. The quantitative estimate of drug-likeness (QED) is 0.845. The number of nitrogens with one attached hydrogen (secondary N) is 1. The molecule has 0 aliphatic heterocycles. The van der Waals surface area contributed by atoms with E-state index in [4.69, 9.17) is 11.6 Å². The van der Waals surface area contributed by atoms with Crippen LogP contribution in [0.1, 0.15) is 37.0 Å². The lowest BCUT2D eigenvalue weighted by Crippen LogP contribution is -2.45. The molecule has 0 saturated heterocycles. The number of halogens is 2. The Hall–Kier alpha value is -0.610. The average Bonchev–Trinajstić information content (AvgIpc) is 2.29. The van der Waals surface area contributed by atoms with E-state index in [-0.39, 0.29) is 11.4 Å². The molecule has 3 nitrogen and oxygen atoms in total. The molecule has 0 bridgehead atoms. The standard InChI is InChI=1S/C12H16BrClN2O/c1-3-12(2,5-6-13)16-11(17)9-4-7-15-8-10(9)14/h4,7-8H,3,5-6H2,1-2H3,(H,16,17). The number of hydrogen-bond donors (Lipinski definition) is 1. The number of nitrogens with zero attached hydrogens (tertiary/aromatic N) is 1. The first-order chi connectivity index (χ1) is 8.02. The van der Waals surface area contributed by atoms with E-state index in [0.717, 1.165) is 18.2 Å². The van der Waals surface area contributed by atoms with Gasteiger partial charge in [-0.2, -0.15) is 0 Å². The summed E-state index contributed by atoms with van der Waals surface area (Å²) >= 11 is 9.33. The Kier molecular flexibility index (Phi) is 5.40. The van der Waals surface area contributed by atoms with Crippen LogP contribution in [0.3, 0.4) is 0 Å². The highest BCUT2D eigenvalue weighted by Crippen LogP contribution is 2.19. The lowest BCUT2D eigenvalue weighted by Gasteiger charge is -2.29. The van der Waals surface area contributed by atoms with Gasteiger partial charge in [-0.1, -0.05) is 34.5 Å². The van der Waals surface area contributed by atoms with Crippen LogP contribution in [0.4, 0.5) is 0 Å². The smallest absolute Gasteiger partial charge is 0.253 e. The Bertz CT molecular complexity index is 400. The molecule has 1 rings (SSSR count). The maximum Gasteiger partial charge on any atom is 0.253 e. The molecule has 0 aliphatic carbocycles. The van der Waals surface area contributed by atoms with Crippen LogP contribution >= 0.6 is 27.5 Å². The normalized spacial score (nSPS) is 14.1. The first-order valence-corrected chi connectivity index (χ1v) is 7.00. The molecule has 0 fully saturated rings. The molecule has 0 radical (unpaired) electrons. The van der Waals surface area contributed by atoms with Crippen LogP contribution in [0.5, 0.6) is 0 Å². The summed E-state index contributed by atoms with van der Waals surface area (Å²) in [7, 11) is 0. The maximum absolute atomic E-state index is 12.1. The van der Waals surface area contributed by atoms with Crippen molar-refractivity contribution >= 4 is 33.4 Å². The van der Waals surface area contributed by atoms with Gasteiger partial charge in [0.05, 0.1) is 10.6 Å². The lowest BCUT2D eigenvalue weighted by atomic mass is 9.95. The number of carbonyl (C=O) groups is 1. The van der Waals surface area contributed by atoms with Crippen molar-refractivity contribution in [2.45, 2.75) is 32.2 Å². The van der Waals surface area contributed by atoms with E-state index in [9.17, 15) is 4.79 Å². The van der Waals surface area contributed by atoms with E-state index < -0.39 is 0 Å². The summed E-state index contributed by atoms with van der Waals surface area (Å²) in [6.45, 7) is 4.08. The molecule has 1 atom stereocenters. The van der Waals surface area contributed by atoms with Crippen LogP contribution < -0.4 is 5.32 Å². The highest BCUT2D eigenvalue weighted by Gasteiger charge is 2.24. The summed E-state index contributed by atoms with van der Waals surface area (Å²) in [5.74, 6) is -0.150. The molecule has 0 aliphatic rings. The van der Waals surface area contributed by atoms with Gasteiger partial charge < -0.3 is 5.32 Å². The summed E-state index contributed by atoms with van der Waals surface area (Å²) in [4.78, 5) is 15.9. The van der Waals surface area contributed by atoms with E-state index in [1.165, 1.54) is 6.20 Å². The molecule has 1 aromatic heterocycles. The second kappa shape index (κ2) is 6.36. The zero-order chi connectivity index (χ0) is 12.9. The third-order valence-corrected chi connectivity index (χ3v) is 3.56. The third-order valence-electron chi connectivity index (χ3n) is 2.86. The Labute approximate surface area is 115 Å². The largest absolute Gasteiger partial charge is 0.347 e. The van der Waals surface area contributed by atoms with Crippen LogP contribution in [-0.2, 0) is 0 Å². The van der Waals surface area contributed by atoms with Gasteiger partial charge in [-0.05, 0) is 25.8 Å². The van der Waals surface area contributed by atoms with Gasteiger partial charge in [-0.25, -0.2) is 0 Å². The number of aromatic nitrogens is 1. The van der Waals surface area contributed by atoms with E-state index in [1.54, 1.807) is 12.3 Å². The summed E-state index contributed by atoms with van der Waals surface area (Å²) in [5.41, 5.74) is 0.253. The fraction of sp³-hybridized carbons (Fsp3) is 0.500. The Balaban J connectivity index is 2.82. The van der Waals surface area contributed by atoms with Gasteiger partial charge >= 0.3 is 0 Å². The zero-order valence-corrected chi connectivity index (χ0v) is 12.3. The molecule has 1 heterocycles. The number of amides is 1. The number of hydrogen-bond acceptors (Lipinski definition) is 2. The van der Waals surface area contributed by atoms with Gasteiger partial charge in [-0.15, -0.1) is 0 Å². The third kappa shape index (κ3) is 3.96. The monoisotopic (exact) mass is 318 g/mol. The predicted octanol–water partition coefficient (Wildman–Crippen LogP) is 3.42. The second-order valence-electron chi connectivity index (χ2n) is 4.16. The van der Waals surface area contributed by atoms with Crippen LogP contribution in [0.2, 0.25) is 5.02 Å². The molecule has 94 valence electrons. The molecular formula is C12H16BrClN2O. The van der Waals surface area contributed by atoms with Gasteiger partial charge in [-0.3, -0.25) is 9.78 Å². The summed E-state index contributed by atoms with van der Waals surface area (Å²) in [6.07, 6.45) is 4.78. The second-order valence-corrected chi connectivity index (χ2v) is 5.36. The Morgan fingerprint density at radius 3 is 2.88 bits per heavy atom. The highest BCUT2D eigenvalue weighted by atomic mass is 79.9. The van der Waals surface area contributed by atoms with Crippen LogP contribution in [0, 0.1) is 0 Å².